The molecule has 0 atom stereocenters. The van der Waals surface area contributed by atoms with Gasteiger partial charge >= 0.3 is 0 Å². The summed E-state index contributed by atoms with van der Waals surface area (Å²) in [6.07, 6.45) is 1.79. The summed E-state index contributed by atoms with van der Waals surface area (Å²) in [6, 6.07) is 19.9. The van der Waals surface area contributed by atoms with Crippen molar-refractivity contribution >= 4 is 45.4 Å². The second-order valence-electron chi connectivity index (χ2n) is 11.4. The van der Waals surface area contributed by atoms with Crippen molar-refractivity contribution in [3.05, 3.63) is 87.4 Å². The molecule has 43 heavy (non-hydrogen) atoms. The van der Waals surface area contributed by atoms with Crippen molar-refractivity contribution in [3.63, 3.8) is 0 Å². The third kappa shape index (κ3) is 7.37. The van der Waals surface area contributed by atoms with Crippen LogP contribution in [-0.4, -0.2) is 66.0 Å². The zero-order valence-electron chi connectivity index (χ0n) is 25.1. The topological polar surface area (TPSA) is 81.8 Å². The highest BCUT2D eigenvalue weighted by molar-refractivity contribution is 9.10. The van der Waals surface area contributed by atoms with Gasteiger partial charge in [0.1, 0.15) is 5.75 Å². The molecule has 0 amide bonds. The Morgan fingerprint density at radius 3 is 2.56 bits per heavy atom. The summed E-state index contributed by atoms with van der Waals surface area (Å²) in [5, 5.41) is 14.2. The molecule has 0 spiro atoms. The first kappa shape index (κ1) is 31.0. The Bertz CT molecular complexity index is 1640. The van der Waals surface area contributed by atoms with Crippen LogP contribution >= 0.6 is 27.7 Å². The van der Waals surface area contributed by atoms with Crippen molar-refractivity contribution in [3.8, 4) is 17.1 Å². The van der Waals surface area contributed by atoms with Crippen molar-refractivity contribution in [2.24, 2.45) is 5.10 Å². The summed E-state index contributed by atoms with van der Waals surface area (Å²) in [4.78, 5) is 16.0. The third-order valence-electron chi connectivity index (χ3n) is 7.15. The summed E-state index contributed by atoms with van der Waals surface area (Å²) in [5.74, 6) is 1.57. The summed E-state index contributed by atoms with van der Waals surface area (Å²) in [5.41, 5.74) is 5.31. The Morgan fingerprint density at radius 1 is 1.09 bits per heavy atom. The number of morpholine rings is 1. The lowest BCUT2D eigenvalue weighted by atomic mass is 9.84. The predicted octanol–water partition coefficient (Wildman–Crippen LogP) is 7.02. The molecule has 224 valence electrons. The molecular weight excluding hydrogens is 626 g/mol. The van der Waals surface area contributed by atoms with Gasteiger partial charge in [0, 0.05) is 34.3 Å². The zero-order valence-corrected chi connectivity index (χ0v) is 27.5. The standard InChI is InChI=1S/C33H36BrN5O3S/c1-22-8-6-9-23(16-22)20-35-39-31(24-10-7-11-26(34)17-24)36-37-32(39)43-21-29(40)25-18-27(33(2,3)4)30(41-5)28(19-25)38-12-14-42-15-13-38/h6-11,16-20H,12-15,21H2,1-5H3/b35-20+. The molecule has 5 rings (SSSR count). The van der Waals surface area contributed by atoms with Crippen LogP contribution in [-0.2, 0) is 10.2 Å². The molecule has 0 radical (unpaired) electrons. The summed E-state index contributed by atoms with van der Waals surface area (Å²) >= 11 is 4.87. The number of benzene rings is 3. The molecule has 1 aromatic heterocycles. The number of nitrogens with zero attached hydrogens (tertiary/aromatic N) is 5. The SMILES string of the molecule is COc1c(N2CCOCC2)cc(C(=O)CSc2nnc(-c3cccc(Br)c3)n2/N=C/c2cccc(C)c2)cc1C(C)(C)C. The maximum Gasteiger partial charge on any atom is 0.212 e. The maximum absolute atomic E-state index is 13.8. The monoisotopic (exact) mass is 661 g/mol. The van der Waals surface area contributed by atoms with Crippen molar-refractivity contribution in [1.29, 1.82) is 0 Å². The summed E-state index contributed by atoms with van der Waals surface area (Å²) < 4.78 is 14.1. The van der Waals surface area contributed by atoms with Gasteiger partial charge in [-0.1, -0.05) is 90.4 Å². The number of halogens is 1. The Labute approximate surface area is 265 Å². The number of aromatic nitrogens is 3. The van der Waals surface area contributed by atoms with Gasteiger partial charge in [-0.05, 0) is 42.2 Å². The number of methoxy groups -OCH3 is 1. The normalized spacial score (nSPS) is 14.0. The molecule has 0 bridgehead atoms. The van der Waals surface area contributed by atoms with Crippen LogP contribution in [0, 0.1) is 6.92 Å². The molecule has 1 fully saturated rings. The highest BCUT2D eigenvalue weighted by atomic mass is 79.9. The number of ketones is 1. The van der Waals surface area contributed by atoms with E-state index in [0.717, 1.165) is 51.3 Å². The first-order valence-electron chi connectivity index (χ1n) is 14.2. The average molecular weight is 663 g/mol. The molecule has 1 aliphatic heterocycles. The number of hydrogen-bond acceptors (Lipinski definition) is 8. The number of ether oxygens (including phenoxy) is 2. The summed E-state index contributed by atoms with van der Waals surface area (Å²) in [6.45, 7) is 11.2. The number of carbonyl (C=O) groups excluding carboxylic acids is 1. The lowest BCUT2D eigenvalue weighted by Crippen LogP contribution is -2.37. The zero-order chi connectivity index (χ0) is 30.6. The summed E-state index contributed by atoms with van der Waals surface area (Å²) in [7, 11) is 1.69. The molecule has 0 unspecified atom stereocenters. The Hall–Kier alpha value is -3.47. The van der Waals surface area contributed by atoms with Crippen molar-refractivity contribution < 1.29 is 14.3 Å². The predicted molar refractivity (Wildman–Crippen MR) is 177 cm³/mol. The smallest absolute Gasteiger partial charge is 0.212 e. The third-order valence-corrected chi connectivity index (χ3v) is 8.56. The first-order chi connectivity index (χ1) is 20.6. The van der Waals surface area contributed by atoms with Gasteiger partial charge in [0.2, 0.25) is 5.16 Å². The van der Waals surface area contributed by atoms with Gasteiger partial charge in [-0.25, -0.2) is 0 Å². The molecule has 3 aromatic carbocycles. The quantitative estimate of drug-likeness (QED) is 0.108. The molecule has 8 nitrogen and oxygen atoms in total. The number of carbonyl (C=O) groups is 1. The minimum absolute atomic E-state index is 0.00566. The van der Waals surface area contributed by atoms with E-state index in [2.05, 4.69) is 57.9 Å². The second kappa shape index (κ2) is 13.4. The Kier molecular flexibility index (Phi) is 9.68. The number of anilines is 1. The van der Waals surface area contributed by atoms with Gasteiger partial charge in [-0.15, -0.1) is 10.2 Å². The second-order valence-corrected chi connectivity index (χ2v) is 13.3. The van der Waals surface area contributed by atoms with Crippen LogP contribution in [0.15, 0.2) is 75.4 Å². The van der Waals surface area contributed by atoms with Crippen LogP contribution in [0.1, 0.15) is 47.8 Å². The van der Waals surface area contributed by atoms with Gasteiger partial charge in [-0.2, -0.15) is 9.78 Å². The first-order valence-corrected chi connectivity index (χ1v) is 16.0. The van der Waals surface area contributed by atoms with Gasteiger partial charge in [0.05, 0.1) is 38.0 Å². The number of thioether (sulfide) groups is 1. The van der Waals surface area contributed by atoms with E-state index in [0.29, 0.717) is 29.8 Å². The fourth-order valence-electron chi connectivity index (χ4n) is 4.94. The van der Waals surface area contributed by atoms with Crippen LogP contribution in [0.3, 0.4) is 0 Å². The fourth-order valence-corrected chi connectivity index (χ4v) is 6.12. The van der Waals surface area contributed by atoms with E-state index in [4.69, 9.17) is 14.6 Å². The van der Waals surface area contributed by atoms with E-state index >= 15 is 0 Å². The number of Topliss-reactive ketones (excluding diaryl/α,β-unsaturated/α-hetero) is 1. The molecule has 0 saturated carbocycles. The average Bonchev–Trinajstić information content (AvgIpc) is 3.40. The molecule has 4 aromatic rings. The van der Waals surface area contributed by atoms with Crippen LogP contribution in [0.4, 0.5) is 5.69 Å². The van der Waals surface area contributed by atoms with Crippen molar-refractivity contribution in [2.45, 2.75) is 38.3 Å². The Balaban J connectivity index is 1.47. The number of aryl methyl sites for hydroxylation is 1. The van der Waals surface area contributed by atoms with Gasteiger partial charge in [0.25, 0.3) is 0 Å². The van der Waals surface area contributed by atoms with Crippen molar-refractivity contribution in [2.75, 3.05) is 44.1 Å². The minimum atomic E-state index is -0.223. The lowest BCUT2D eigenvalue weighted by molar-refractivity contribution is 0.102. The van der Waals surface area contributed by atoms with Crippen LogP contribution in [0.5, 0.6) is 5.75 Å². The Morgan fingerprint density at radius 2 is 1.86 bits per heavy atom. The van der Waals surface area contributed by atoms with E-state index in [-0.39, 0.29) is 17.0 Å². The van der Waals surface area contributed by atoms with E-state index < -0.39 is 0 Å². The molecule has 10 heteroatoms. The maximum atomic E-state index is 13.8. The fraction of sp³-hybridized carbons (Fsp3) is 0.333. The van der Waals surface area contributed by atoms with E-state index in [9.17, 15) is 4.79 Å². The van der Waals surface area contributed by atoms with Gasteiger partial charge in [0.15, 0.2) is 11.6 Å². The molecule has 0 N–H and O–H groups in total. The molecule has 1 saturated heterocycles. The van der Waals surface area contributed by atoms with Gasteiger partial charge in [-0.3, -0.25) is 4.79 Å². The molecule has 0 aliphatic carbocycles. The van der Waals surface area contributed by atoms with E-state index in [1.807, 2.05) is 61.5 Å². The number of hydrogen-bond donors (Lipinski definition) is 0. The van der Waals surface area contributed by atoms with Gasteiger partial charge < -0.3 is 14.4 Å². The van der Waals surface area contributed by atoms with Crippen LogP contribution in [0.25, 0.3) is 11.4 Å². The minimum Gasteiger partial charge on any atom is -0.494 e. The van der Waals surface area contributed by atoms with E-state index in [1.54, 1.807) is 18.0 Å². The molecule has 1 aliphatic rings. The highest BCUT2D eigenvalue weighted by Gasteiger charge is 2.27. The van der Waals surface area contributed by atoms with Crippen molar-refractivity contribution in [1.82, 2.24) is 14.9 Å². The van der Waals surface area contributed by atoms with Crippen LogP contribution < -0.4 is 9.64 Å². The lowest BCUT2D eigenvalue weighted by Gasteiger charge is -2.33. The highest BCUT2D eigenvalue weighted by Crippen LogP contribution is 2.41. The largest absolute Gasteiger partial charge is 0.494 e. The van der Waals surface area contributed by atoms with Crippen LogP contribution in [0.2, 0.25) is 0 Å². The number of rotatable bonds is 9. The van der Waals surface area contributed by atoms with E-state index in [1.165, 1.54) is 11.8 Å². The molecular formula is C33H36BrN5O3S. The molecule has 2 heterocycles.